The number of benzene rings is 2. The Morgan fingerprint density at radius 2 is 1.52 bits per heavy atom. The standard InChI is InChI=1S/C21H21N3O5/c1-4-29-20(27)13-5-7-14(8-6-13)22-21(28)23-15-9-10-16-17(11-15)19(26)24(12(2)3)18(16)25/h5-12H,4H2,1-3H3,(H2,22,23,28). The maximum Gasteiger partial charge on any atom is 0.338 e. The Morgan fingerprint density at radius 1 is 0.931 bits per heavy atom. The molecule has 1 aliphatic heterocycles. The van der Waals surface area contributed by atoms with Crippen molar-refractivity contribution in [2.75, 3.05) is 17.2 Å². The van der Waals surface area contributed by atoms with Crippen molar-refractivity contribution in [2.24, 2.45) is 0 Å². The highest BCUT2D eigenvalue weighted by Gasteiger charge is 2.37. The number of esters is 1. The number of fused-ring (bicyclic) bond motifs is 1. The fraction of sp³-hybridized carbons (Fsp3) is 0.238. The van der Waals surface area contributed by atoms with Gasteiger partial charge in [0, 0.05) is 17.4 Å². The predicted molar refractivity (Wildman–Crippen MR) is 107 cm³/mol. The van der Waals surface area contributed by atoms with Crippen molar-refractivity contribution in [1.29, 1.82) is 0 Å². The van der Waals surface area contributed by atoms with Gasteiger partial charge in [-0.05, 0) is 63.2 Å². The zero-order valence-electron chi connectivity index (χ0n) is 16.3. The fourth-order valence-corrected chi connectivity index (χ4v) is 3.00. The number of amides is 4. The van der Waals surface area contributed by atoms with E-state index in [1.165, 1.54) is 17.0 Å². The molecule has 0 unspecified atom stereocenters. The van der Waals surface area contributed by atoms with Crippen LogP contribution in [0.1, 0.15) is 51.8 Å². The minimum absolute atomic E-state index is 0.250. The van der Waals surface area contributed by atoms with E-state index in [4.69, 9.17) is 4.74 Å². The Bertz CT molecular complexity index is 982. The van der Waals surface area contributed by atoms with Gasteiger partial charge in [0.1, 0.15) is 0 Å². The molecule has 3 rings (SSSR count). The first kappa shape index (κ1) is 20.1. The van der Waals surface area contributed by atoms with Crippen molar-refractivity contribution >= 4 is 35.2 Å². The molecule has 2 aromatic rings. The van der Waals surface area contributed by atoms with Crippen LogP contribution < -0.4 is 10.6 Å². The lowest BCUT2D eigenvalue weighted by atomic mass is 10.1. The van der Waals surface area contributed by atoms with Crippen LogP contribution in [0.3, 0.4) is 0 Å². The van der Waals surface area contributed by atoms with Gasteiger partial charge in [-0.15, -0.1) is 0 Å². The number of rotatable bonds is 5. The molecule has 1 heterocycles. The molecule has 2 N–H and O–H groups in total. The molecule has 0 aromatic heterocycles. The van der Waals surface area contributed by atoms with E-state index in [1.54, 1.807) is 51.1 Å². The van der Waals surface area contributed by atoms with Gasteiger partial charge in [-0.2, -0.15) is 0 Å². The van der Waals surface area contributed by atoms with Crippen molar-refractivity contribution in [3.05, 3.63) is 59.2 Å². The number of carbonyl (C=O) groups is 4. The molecule has 150 valence electrons. The van der Waals surface area contributed by atoms with Gasteiger partial charge in [-0.25, -0.2) is 9.59 Å². The molecule has 0 spiro atoms. The number of nitrogens with one attached hydrogen (secondary N) is 2. The van der Waals surface area contributed by atoms with Gasteiger partial charge >= 0.3 is 12.0 Å². The summed E-state index contributed by atoms with van der Waals surface area (Å²) in [5.41, 5.74) is 1.84. The highest BCUT2D eigenvalue weighted by molar-refractivity contribution is 6.22. The fourth-order valence-electron chi connectivity index (χ4n) is 3.00. The lowest BCUT2D eigenvalue weighted by molar-refractivity contribution is 0.0524. The van der Waals surface area contributed by atoms with Crippen LogP contribution in [-0.2, 0) is 4.74 Å². The van der Waals surface area contributed by atoms with Crippen LogP contribution in [0.2, 0.25) is 0 Å². The first-order valence-electron chi connectivity index (χ1n) is 9.19. The number of imide groups is 1. The molecule has 0 bridgehead atoms. The smallest absolute Gasteiger partial charge is 0.338 e. The third kappa shape index (κ3) is 4.11. The van der Waals surface area contributed by atoms with Crippen LogP contribution >= 0.6 is 0 Å². The van der Waals surface area contributed by atoms with Gasteiger partial charge in [0.15, 0.2) is 0 Å². The molecule has 0 saturated carbocycles. The van der Waals surface area contributed by atoms with Crippen molar-refractivity contribution in [1.82, 2.24) is 4.90 Å². The maximum absolute atomic E-state index is 12.5. The summed E-state index contributed by atoms with van der Waals surface area (Å²) in [6, 6.07) is 10.1. The normalized spacial score (nSPS) is 12.8. The number of hydrogen-bond acceptors (Lipinski definition) is 5. The van der Waals surface area contributed by atoms with E-state index in [0.29, 0.717) is 22.5 Å². The van der Waals surface area contributed by atoms with Gasteiger partial charge in [0.05, 0.1) is 23.3 Å². The quantitative estimate of drug-likeness (QED) is 0.595. The second-order valence-corrected chi connectivity index (χ2v) is 6.71. The minimum Gasteiger partial charge on any atom is -0.462 e. The van der Waals surface area contributed by atoms with Gasteiger partial charge in [0.25, 0.3) is 11.8 Å². The summed E-state index contributed by atoms with van der Waals surface area (Å²) >= 11 is 0. The number of hydrogen-bond donors (Lipinski definition) is 2. The molecule has 1 aliphatic rings. The highest BCUT2D eigenvalue weighted by atomic mass is 16.5. The number of ether oxygens (including phenoxy) is 1. The summed E-state index contributed by atoms with van der Waals surface area (Å²) in [5.74, 6) is -1.15. The highest BCUT2D eigenvalue weighted by Crippen LogP contribution is 2.27. The summed E-state index contributed by atoms with van der Waals surface area (Å²) < 4.78 is 4.91. The van der Waals surface area contributed by atoms with E-state index in [-0.39, 0.29) is 30.0 Å². The van der Waals surface area contributed by atoms with Gasteiger partial charge in [0.2, 0.25) is 0 Å². The molecule has 4 amide bonds. The summed E-state index contributed by atoms with van der Waals surface area (Å²) in [7, 11) is 0. The van der Waals surface area contributed by atoms with Crippen LogP contribution in [-0.4, -0.2) is 41.4 Å². The molecule has 29 heavy (non-hydrogen) atoms. The van der Waals surface area contributed by atoms with Crippen LogP contribution in [0.4, 0.5) is 16.2 Å². The molecule has 8 heteroatoms. The van der Waals surface area contributed by atoms with Crippen LogP contribution in [0.25, 0.3) is 0 Å². The topological polar surface area (TPSA) is 105 Å². The van der Waals surface area contributed by atoms with E-state index in [1.807, 2.05) is 0 Å². The Morgan fingerprint density at radius 3 is 2.14 bits per heavy atom. The van der Waals surface area contributed by atoms with Gasteiger partial charge < -0.3 is 15.4 Å². The van der Waals surface area contributed by atoms with E-state index < -0.39 is 12.0 Å². The van der Waals surface area contributed by atoms with Gasteiger partial charge in [-0.3, -0.25) is 14.5 Å². The van der Waals surface area contributed by atoms with Crippen molar-refractivity contribution in [2.45, 2.75) is 26.8 Å². The van der Waals surface area contributed by atoms with E-state index >= 15 is 0 Å². The predicted octanol–water partition coefficient (Wildman–Crippen LogP) is 3.51. The number of urea groups is 1. The average Bonchev–Trinajstić information content (AvgIpc) is 2.92. The zero-order chi connectivity index (χ0) is 21.1. The first-order valence-corrected chi connectivity index (χ1v) is 9.19. The lowest BCUT2D eigenvalue weighted by Gasteiger charge is -2.17. The number of anilines is 2. The van der Waals surface area contributed by atoms with Crippen LogP contribution in [0.5, 0.6) is 0 Å². The number of nitrogens with zero attached hydrogens (tertiary/aromatic N) is 1. The molecule has 0 aliphatic carbocycles. The van der Waals surface area contributed by atoms with E-state index in [9.17, 15) is 19.2 Å². The summed E-state index contributed by atoms with van der Waals surface area (Å²) in [6.45, 7) is 5.54. The average molecular weight is 395 g/mol. The molecule has 0 atom stereocenters. The minimum atomic E-state index is -0.522. The summed E-state index contributed by atoms with van der Waals surface area (Å²) in [6.07, 6.45) is 0. The molecular weight excluding hydrogens is 374 g/mol. The molecule has 8 nitrogen and oxygen atoms in total. The molecular formula is C21H21N3O5. The molecule has 0 fully saturated rings. The first-order chi connectivity index (χ1) is 13.8. The monoisotopic (exact) mass is 395 g/mol. The van der Waals surface area contributed by atoms with Crippen molar-refractivity contribution in [3.8, 4) is 0 Å². The molecule has 0 saturated heterocycles. The third-order valence-electron chi connectivity index (χ3n) is 4.35. The Balaban J connectivity index is 1.67. The maximum atomic E-state index is 12.5. The van der Waals surface area contributed by atoms with Crippen LogP contribution in [0.15, 0.2) is 42.5 Å². The third-order valence-corrected chi connectivity index (χ3v) is 4.35. The van der Waals surface area contributed by atoms with Gasteiger partial charge in [-0.1, -0.05) is 0 Å². The van der Waals surface area contributed by atoms with Crippen LogP contribution in [0, 0.1) is 0 Å². The summed E-state index contributed by atoms with van der Waals surface area (Å²) in [5, 5.41) is 5.27. The van der Waals surface area contributed by atoms with Crippen molar-refractivity contribution in [3.63, 3.8) is 0 Å². The van der Waals surface area contributed by atoms with E-state index in [2.05, 4.69) is 10.6 Å². The molecule has 2 aromatic carbocycles. The lowest BCUT2D eigenvalue weighted by Crippen LogP contribution is -2.35. The van der Waals surface area contributed by atoms with Crippen molar-refractivity contribution < 1.29 is 23.9 Å². The Labute approximate surface area is 167 Å². The SMILES string of the molecule is CCOC(=O)c1ccc(NC(=O)Nc2ccc3c(c2)C(=O)N(C(C)C)C3=O)cc1. The second-order valence-electron chi connectivity index (χ2n) is 6.71. The van der Waals surface area contributed by atoms with E-state index in [0.717, 1.165) is 0 Å². The summed E-state index contributed by atoms with van der Waals surface area (Å²) in [4.78, 5) is 49.9. The Hall–Kier alpha value is -3.68. The Kier molecular flexibility index (Phi) is 5.63. The second kappa shape index (κ2) is 8.14. The number of carbonyl (C=O) groups excluding carboxylic acids is 4. The molecule has 0 radical (unpaired) electrons. The largest absolute Gasteiger partial charge is 0.462 e. The zero-order valence-corrected chi connectivity index (χ0v) is 16.3.